The van der Waals surface area contributed by atoms with Crippen LogP contribution in [-0.2, 0) is 6.54 Å². The highest BCUT2D eigenvalue weighted by atomic mass is 35.5. The van der Waals surface area contributed by atoms with Crippen LogP contribution in [0.5, 0.6) is 0 Å². The Morgan fingerprint density at radius 2 is 1.65 bits per heavy atom. The van der Waals surface area contributed by atoms with E-state index in [1.165, 1.54) is 18.9 Å². The average Bonchev–Trinajstić information content (AvgIpc) is 3.21. The van der Waals surface area contributed by atoms with Gasteiger partial charge in [0.2, 0.25) is 0 Å². The fourth-order valence-corrected chi connectivity index (χ4v) is 2.57. The summed E-state index contributed by atoms with van der Waals surface area (Å²) < 4.78 is 14.1. The highest BCUT2D eigenvalue weighted by Gasteiger charge is 2.21. The third-order valence-electron chi connectivity index (χ3n) is 3.45. The zero-order valence-electron chi connectivity index (χ0n) is 10.8. The van der Waals surface area contributed by atoms with Crippen LogP contribution in [0.3, 0.4) is 0 Å². The van der Waals surface area contributed by atoms with E-state index in [2.05, 4.69) is 5.32 Å². The van der Waals surface area contributed by atoms with Gasteiger partial charge in [0.25, 0.3) is 0 Å². The molecule has 0 bridgehead atoms. The third-order valence-corrected chi connectivity index (χ3v) is 3.92. The minimum atomic E-state index is -0.313. The molecular weight excluding hydrogens is 296 g/mol. The van der Waals surface area contributed by atoms with Crippen LogP contribution >= 0.6 is 23.2 Å². The van der Waals surface area contributed by atoms with E-state index >= 15 is 0 Å². The van der Waals surface area contributed by atoms with Gasteiger partial charge in [0.15, 0.2) is 0 Å². The molecule has 3 rings (SSSR count). The topological polar surface area (TPSA) is 12.0 Å². The Labute approximate surface area is 127 Å². The quantitative estimate of drug-likeness (QED) is 0.833. The van der Waals surface area contributed by atoms with Gasteiger partial charge in [-0.05, 0) is 54.3 Å². The minimum Gasteiger partial charge on any atom is -0.310 e. The molecule has 0 heterocycles. The van der Waals surface area contributed by atoms with Gasteiger partial charge >= 0.3 is 0 Å². The molecule has 2 aromatic carbocycles. The van der Waals surface area contributed by atoms with Crippen molar-refractivity contribution in [3.8, 4) is 11.1 Å². The van der Waals surface area contributed by atoms with Gasteiger partial charge in [0, 0.05) is 28.2 Å². The fraction of sp³-hybridized carbons (Fsp3) is 0.250. The average molecular weight is 310 g/mol. The molecule has 0 saturated heterocycles. The van der Waals surface area contributed by atoms with Gasteiger partial charge < -0.3 is 5.32 Å². The largest absolute Gasteiger partial charge is 0.310 e. The predicted octanol–water partition coefficient (Wildman–Crippen LogP) is 5.05. The first-order valence-corrected chi connectivity index (χ1v) is 7.36. The zero-order chi connectivity index (χ0) is 14.1. The van der Waals surface area contributed by atoms with Gasteiger partial charge in [-0.15, -0.1) is 0 Å². The molecule has 1 fully saturated rings. The molecule has 0 atom stereocenters. The molecule has 1 nitrogen and oxygen atoms in total. The second-order valence-electron chi connectivity index (χ2n) is 5.08. The lowest BCUT2D eigenvalue weighted by atomic mass is 9.99. The normalized spacial score (nSPS) is 14.6. The lowest BCUT2D eigenvalue weighted by Gasteiger charge is -2.12. The Kier molecular flexibility index (Phi) is 3.97. The molecule has 20 heavy (non-hydrogen) atoms. The Hall–Kier alpha value is -1.09. The molecule has 2 aromatic rings. The molecule has 4 heteroatoms. The first-order valence-electron chi connectivity index (χ1n) is 6.61. The molecule has 1 aliphatic rings. The number of hydrogen-bond acceptors (Lipinski definition) is 1. The smallest absolute Gasteiger partial charge is 0.132 e. The summed E-state index contributed by atoms with van der Waals surface area (Å²) in [4.78, 5) is 0. The maximum atomic E-state index is 14.1. The van der Waals surface area contributed by atoms with Crippen molar-refractivity contribution in [1.29, 1.82) is 0 Å². The van der Waals surface area contributed by atoms with Gasteiger partial charge in [0.05, 0.1) is 0 Å². The molecule has 1 saturated carbocycles. The van der Waals surface area contributed by atoms with Crippen LogP contribution in [0.4, 0.5) is 4.39 Å². The molecular formula is C16H14Cl2FN. The van der Waals surface area contributed by atoms with Crippen LogP contribution in [0.2, 0.25) is 10.0 Å². The van der Waals surface area contributed by atoms with Crippen molar-refractivity contribution < 1.29 is 4.39 Å². The number of nitrogens with one attached hydrogen (secondary N) is 1. The summed E-state index contributed by atoms with van der Waals surface area (Å²) in [5.74, 6) is -0.313. The van der Waals surface area contributed by atoms with Crippen molar-refractivity contribution in [2.75, 3.05) is 0 Å². The van der Waals surface area contributed by atoms with E-state index < -0.39 is 0 Å². The Morgan fingerprint density at radius 1 is 1.00 bits per heavy atom. The van der Waals surface area contributed by atoms with Crippen molar-refractivity contribution in [3.63, 3.8) is 0 Å². The number of rotatable bonds is 4. The molecule has 0 aromatic heterocycles. The molecule has 0 amide bonds. The summed E-state index contributed by atoms with van der Waals surface area (Å²) in [6.07, 6.45) is 2.43. The highest BCUT2D eigenvalue weighted by molar-refractivity contribution is 6.31. The van der Waals surface area contributed by atoms with Crippen LogP contribution in [0.15, 0.2) is 36.4 Å². The van der Waals surface area contributed by atoms with Crippen molar-refractivity contribution in [3.05, 3.63) is 57.8 Å². The lowest BCUT2D eigenvalue weighted by molar-refractivity contribution is 0.630. The molecule has 0 unspecified atom stereocenters. The summed E-state index contributed by atoms with van der Waals surface area (Å²) in [6, 6.07) is 10.9. The van der Waals surface area contributed by atoms with Crippen LogP contribution in [0, 0.1) is 5.82 Å². The summed E-state index contributed by atoms with van der Waals surface area (Å²) >= 11 is 11.9. The summed E-state index contributed by atoms with van der Waals surface area (Å²) in [5, 5.41) is 4.50. The number of halogens is 3. The van der Waals surface area contributed by atoms with Crippen LogP contribution in [0.25, 0.3) is 11.1 Å². The molecule has 1 aliphatic carbocycles. The van der Waals surface area contributed by atoms with Gasteiger partial charge in [0.1, 0.15) is 5.82 Å². The second kappa shape index (κ2) is 5.72. The van der Waals surface area contributed by atoms with Crippen molar-refractivity contribution in [1.82, 2.24) is 5.32 Å². The van der Waals surface area contributed by atoms with E-state index in [1.54, 1.807) is 18.2 Å². The van der Waals surface area contributed by atoms with Gasteiger partial charge in [-0.3, -0.25) is 0 Å². The van der Waals surface area contributed by atoms with Crippen molar-refractivity contribution in [2.24, 2.45) is 0 Å². The SMILES string of the molecule is Fc1cc(Cl)ccc1-c1ccc(Cl)cc1CNC1CC1. The molecule has 0 aliphatic heterocycles. The first kappa shape index (κ1) is 13.9. The standard InChI is InChI=1S/C16H14Cl2FN/c17-11-1-5-14(10(7-11)9-20-13-3-4-13)15-6-2-12(18)8-16(15)19/h1-2,5-8,13,20H,3-4,9H2. The summed E-state index contributed by atoms with van der Waals surface area (Å²) in [5.41, 5.74) is 2.42. The van der Waals surface area contributed by atoms with E-state index in [0.717, 1.165) is 11.1 Å². The maximum absolute atomic E-state index is 14.1. The van der Waals surface area contributed by atoms with Gasteiger partial charge in [-0.25, -0.2) is 4.39 Å². The number of hydrogen-bond donors (Lipinski definition) is 1. The Balaban J connectivity index is 1.97. The van der Waals surface area contributed by atoms with Crippen molar-refractivity contribution >= 4 is 23.2 Å². The van der Waals surface area contributed by atoms with E-state index in [1.807, 2.05) is 12.1 Å². The predicted molar refractivity (Wildman–Crippen MR) is 81.7 cm³/mol. The summed E-state index contributed by atoms with van der Waals surface area (Å²) in [7, 11) is 0. The lowest BCUT2D eigenvalue weighted by Crippen LogP contribution is -2.16. The molecule has 0 radical (unpaired) electrons. The zero-order valence-corrected chi connectivity index (χ0v) is 12.3. The fourth-order valence-electron chi connectivity index (χ4n) is 2.22. The maximum Gasteiger partial charge on any atom is 0.132 e. The molecule has 104 valence electrons. The molecule has 1 N–H and O–H groups in total. The highest BCUT2D eigenvalue weighted by Crippen LogP contribution is 2.31. The minimum absolute atomic E-state index is 0.313. The van der Waals surface area contributed by atoms with Gasteiger partial charge in [-0.2, -0.15) is 0 Å². The van der Waals surface area contributed by atoms with Crippen LogP contribution in [0.1, 0.15) is 18.4 Å². The van der Waals surface area contributed by atoms with Crippen molar-refractivity contribution in [2.45, 2.75) is 25.4 Å². The first-order chi connectivity index (χ1) is 9.63. The second-order valence-corrected chi connectivity index (χ2v) is 5.95. The van der Waals surface area contributed by atoms with E-state index in [9.17, 15) is 4.39 Å². The molecule has 0 spiro atoms. The number of benzene rings is 2. The van der Waals surface area contributed by atoms with Crippen LogP contribution < -0.4 is 5.32 Å². The Bertz CT molecular complexity index is 638. The summed E-state index contributed by atoms with van der Waals surface area (Å²) in [6.45, 7) is 0.697. The van der Waals surface area contributed by atoms with Crippen LogP contribution in [-0.4, -0.2) is 6.04 Å². The van der Waals surface area contributed by atoms with Gasteiger partial charge in [-0.1, -0.05) is 29.3 Å². The monoisotopic (exact) mass is 309 g/mol. The van der Waals surface area contributed by atoms with E-state index in [-0.39, 0.29) is 5.82 Å². The third kappa shape index (κ3) is 3.14. The van der Waals surface area contributed by atoms with E-state index in [4.69, 9.17) is 23.2 Å². The van der Waals surface area contributed by atoms with E-state index in [0.29, 0.717) is 28.2 Å². The Morgan fingerprint density at radius 3 is 2.30 bits per heavy atom.